The van der Waals surface area contributed by atoms with Crippen molar-refractivity contribution >= 4 is 6.03 Å². The van der Waals surface area contributed by atoms with E-state index in [0.29, 0.717) is 24.0 Å². The third-order valence-electron chi connectivity index (χ3n) is 4.25. The molecule has 23 heavy (non-hydrogen) atoms. The highest BCUT2D eigenvalue weighted by Gasteiger charge is 2.20. The molecule has 1 saturated heterocycles. The van der Waals surface area contributed by atoms with Crippen molar-refractivity contribution in [3.8, 4) is 11.5 Å². The zero-order valence-electron chi connectivity index (χ0n) is 14.5. The summed E-state index contributed by atoms with van der Waals surface area (Å²) >= 11 is 0. The van der Waals surface area contributed by atoms with Crippen molar-refractivity contribution in [3.63, 3.8) is 0 Å². The summed E-state index contributed by atoms with van der Waals surface area (Å²) in [5.41, 5.74) is 1.00. The minimum atomic E-state index is -0.0469. The Morgan fingerprint density at radius 3 is 2.70 bits per heavy atom. The molecule has 128 valence electrons. The van der Waals surface area contributed by atoms with E-state index < -0.39 is 0 Å². The van der Waals surface area contributed by atoms with Crippen LogP contribution in [0.3, 0.4) is 0 Å². The molecule has 2 amide bonds. The number of likely N-dealkylation sites (tertiary alicyclic amines) is 1. The molecular formula is C17H27N3O3. The van der Waals surface area contributed by atoms with Gasteiger partial charge in [0.2, 0.25) is 0 Å². The average Bonchev–Trinajstić information content (AvgIpc) is 2.97. The molecule has 6 heteroatoms. The number of nitrogens with zero attached hydrogens (tertiary/aromatic N) is 2. The van der Waals surface area contributed by atoms with Gasteiger partial charge < -0.3 is 24.6 Å². The van der Waals surface area contributed by atoms with Gasteiger partial charge >= 0.3 is 6.03 Å². The van der Waals surface area contributed by atoms with Gasteiger partial charge in [-0.3, -0.25) is 0 Å². The predicted octanol–water partition coefficient (Wildman–Crippen LogP) is 1.80. The van der Waals surface area contributed by atoms with E-state index in [4.69, 9.17) is 9.47 Å². The molecule has 0 bridgehead atoms. The third kappa shape index (κ3) is 4.76. The monoisotopic (exact) mass is 321 g/mol. The topological polar surface area (TPSA) is 54.0 Å². The lowest BCUT2D eigenvalue weighted by Gasteiger charge is -2.20. The fourth-order valence-electron chi connectivity index (χ4n) is 2.88. The van der Waals surface area contributed by atoms with Crippen molar-refractivity contribution < 1.29 is 14.3 Å². The summed E-state index contributed by atoms with van der Waals surface area (Å²) < 4.78 is 10.5. The summed E-state index contributed by atoms with van der Waals surface area (Å²) in [6.07, 6.45) is 1.15. The molecule has 0 aliphatic carbocycles. The molecule has 0 saturated carbocycles. The molecule has 0 unspecified atom stereocenters. The maximum atomic E-state index is 12.2. The lowest BCUT2D eigenvalue weighted by molar-refractivity contribution is 0.205. The third-order valence-corrected chi connectivity index (χ3v) is 4.25. The summed E-state index contributed by atoms with van der Waals surface area (Å²) in [5, 5.41) is 3.02. The molecule has 0 spiro atoms. The Balaban J connectivity index is 1.85. The van der Waals surface area contributed by atoms with Crippen molar-refractivity contribution in [3.05, 3.63) is 23.8 Å². The first-order chi connectivity index (χ1) is 11.0. The molecule has 6 nitrogen and oxygen atoms in total. The number of carbonyl (C=O) groups excluding carboxylic acids is 1. The first kappa shape index (κ1) is 17.4. The van der Waals surface area contributed by atoms with Crippen LogP contribution in [-0.2, 0) is 6.54 Å². The van der Waals surface area contributed by atoms with Gasteiger partial charge in [0.25, 0.3) is 0 Å². The maximum Gasteiger partial charge on any atom is 0.317 e. The molecule has 1 N–H and O–H groups in total. The number of rotatable bonds is 6. The highest BCUT2D eigenvalue weighted by Crippen LogP contribution is 2.27. The second-order valence-corrected chi connectivity index (χ2v) is 6.15. The van der Waals surface area contributed by atoms with Gasteiger partial charge in [0.1, 0.15) is 0 Å². The molecule has 1 aromatic rings. The van der Waals surface area contributed by atoms with Crippen molar-refractivity contribution in [2.75, 3.05) is 47.9 Å². The Kier molecular flexibility index (Phi) is 6.10. The molecule has 2 rings (SSSR count). The quantitative estimate of drug-likeness (QED) is 0.868. The van der Waals surface area contributed by atoms with Crippen LogP contribution in [0.15, 0.2) is 18.2 Å². The van der Waals surface area contributed by atoms with Gasteiger partial charge in [0.15, 0.2) is 11.5 Å². The second-order valence-electron chi connectivity index (χ2n) is 6.15. The van der Waals surface area contributed by atoms with Crippen molar-refractivity contribution in [2.24, 2.45) is 5.92 Å². The molecule has 1 heterocycles. The number of hydrogen-bond donors (Lipinski definition) is 1. The van der Waals surface area contributed by atoms with Crippen LogP contribution in [0.4, 0.5) is 4.79 Å². The van der Waals surface area contributed by atoms with Gasteiger partial charge in [0, 0.05) is 26.7 Å². The minimum absolute atomic E-state index is 0.0469. The molecule has 1 fully saturated rings. The van der Waals surface area contributed by atoms with Crippen LogP contribution in [0.1, 0.15) is 12.0 Å². The molecule has 1 aliphatic rings. The molecule has 1 aliphatic heterocycles. The zero-order valence-corrected chi connectivity index (χ0v) is 14.5. The van der Waals surface area contributed by atoms with Crippen molar-refractivity contribution in [2.45, 2.75) is 13.0 Å². The van der Waals surface area contributed by atoms with Gasteiger partial charge in [-0.2, -0.15) is 0 Å². The van der Waals surface area contributed by atoms with Gasteiger partial charge in [-0.25, -0.2) is 4.79 Å². The molecular weight excluding hydrogens is 294 g/mol. The second kappa shape index (κ2) is 8.06. The van der Waals surface area contributed by atoms with E-state index in [1.165, 1.54) is 0 Å². The summed E-state index contributed by atoms with van der Waals surface area (Å²) in [4.78, 5) is 16.2. The molecule has 1 atom stereocenters. The number of methoxy groups -OCH3 is 2. The normalized spacial score (nSPS) is 17.8. The number of hydrogen-bond acceptors (Lipinski definition) is 4. The Bertz CT molecular complexity index is 536. The predicted molar refractivity (Wildman–Crippen MR) is 90.0 cm³/mol. The van der Waals surface area contributed by atoms with Gasteiger partial charge in [-0.05, 0) is 43.6 Å². The largest absolute Gasteiger partial charge is 0.493 e. The smallest absolute Gasteiger partial charge is 0.317 e. The van der Waals surface area contributed by atoms with E-state index in [9.17, 15) is 4.79 Å². The number of carbonyl (C=O) groups is 1. The van der Waals surface area contributed by atoms with Crippen LogP contribution in [0.2, 0.25) is 0 Å². The Morgan fingerprint density at radius 2 is 2.09 bits per heavy atom. The molecule has 0 aromatic heterocycles. The molecule has 1 aromatic carbocycles. The van der Waals surface area contributed by atoms with E-state index in [1.54, 1.807) is 26.2 Å². The number of urea groups is 1. The Morgan fingerprint density at radius 1 is 1.35 bits per heavy atom. The first-order valence-electron chi connectivity index (χ1n) is 7.92. The summed E-state index contributed by atoms with van der Waals surface area (Å²) in [5.74, 6) is 1.92. The fraction of sp³-hybridized carbons (Fsp3) is 0.588. The number of nitrogens with one attached hydrogen (secondary N) is 1. The molecule has 0 radical (unpaired) electrons. The summed E-state index contributed by atoms with van der Waals surface area (Å²) in [6, 6.07) is 5.65. The van der Waals surface area contributed by atoms with Crippen LogP contribution >= 0.6 is 0 Å². The highest BCUT2D eigenvalue weighted by atomic mass is 16.5. The first-order valence-corrected chi connectivity index (χ1v) is 7.92. The maximum absolute atomic E-state index is 12.2. The zero-order chi connectivity index (χ0) is 16.8. The van der Waals surface area contributed by atoms with E-state index in [1.807, 2.05) is 18.2 Å². The van der Waals surface area contributed by atoms with Gasteiger partial charge in [0.05, 0.1) is 14.2 Å². The van der Waals surface area contributed by atoms with Crippen molar-refractivity contribution in [1.82, 2.24) is 15.1 Å². The van der Waals surface area contributed by atoms with E-state index in [0.717, 1.165) is 31.6 Å². The number of amides is 2. The summed E-state index contributed by atoms with van der Waals surface area (Å²) in [6.45, 7) is 3.43. The number of ether oxygens (including phenoxy) is 2. The Hall–Kier alpha value is -1.95. The van der Waals surface area contributed by atoms with E-state index in [-0.39, 0.29) is 6.03 Å². The lowest BCUT2D eigenvalue weighted by atomic mass is 10.1. The van der Waals surface area contributed by atoms with Crippen molar-refractivity contribution in [1.29, 1.82) is 0 Å². The van der Waals surface area contributed by atoms with Crippen LogP contribution in [0.25, 0.3) is 0 Å². The van der Waals surface area contributed by atoms with Gasteiger partial charge in [-0.1, -0.05) is 6.07 Å². The van der Waals surface area contributed by atoms with Crippen LogP contribution in [-0.4, -0.2) is 63.8 Å². The lowest BCUT2D eigenvalue weighted by Crippen LogP contribution is -2.39. The SMILES string of the molecule is COc1ccc(CN(C)C(=O)NC[C@@H]2CCN(C)C2)cc1OC. The number of benzene rings is 1. The standard InChI is InChI=1S/C17H27N3O3/c1-19-8-7-14(11-19)10-18-17(21)20(2)12-13-5-6-15(22-3)16(9-13)23-4/h5-6,9,14H,7-8,10-12H2,1-4H3,(H,18,21)/t14-/m0/s1. The van der Waals surface area contributed by atoms with Crippen LogP contribution in [0.5, 0.6) is 11.5 Å². The minimum Gasteiger partial charge on any atom is -0.493 e. The Labute approximate surface area is 138 Å². The van der Waals surface area contributed by atoms with E-state index >= 15 is 0 Å². The fourth-order valence-corrected chi connectivity index (χ4v) is 2.88. The van der Waals surface area contributed by atoms with Crippen LogP contribution in [0, 0.1) is 5.92 Å². The summed E-state index contributed by atoms with van der Waals surface area (Å²) in [7, 11) is 7.13. The average molecular weight is 321 g/mol. The van der Waals surface area contributed by atoms with Crippen LogP contribution < -0.4 is 14.8 Å². The van der Waals surface area contributed by atoms with Gasteiger partial charge in [-0.15, -0.1) is 0 Å². The van der Waals surface area contributed by atoms with E-state index in [2.05, 4.69) is 17.3 Å². The highest BCUT2D eigenvalue weighted by molar-refractivity contribution is 5.73.